The highest BCUT2D eigenvalue weighted by molar-refractivity contribution is 5.66. The first kappa shape index (κ1) is 39.5. The van der Waals surface area contributed by atoms with Crippen LogP contribution >= 0.6 is 0 Å². The zero-order valence-electron chi connectivity index (χ0n) is 25.8. The number of unbranched alkanes of at least 4 members (excludes halogenated alkanes) is 14. The van der Waals surface area contributed by atoms with Crippen LogP contribution in [0, 0.1) is 0 Å². The van der Waals surface area contributed by atoms with Crippen LogP contribution in [0.25, 0.3) is 0 Å². The van der Waals surface area contributed by atoms with E-state index in [-0.39, 0.29) is 0 Å². The average molecular weight is 557 g/mol. The summed E-state index contributed by atoms with van der Waals surface area (Å²) in [6.45, 7) is 4.41. The van der Waals surface area contributed by atoms with Crippen LogP contribution in [-0.4, -0.2) is 22.2 Å². The fourth-order valence-corrected chi connectivity index (χ4v) is 3.74. The lowest BCUT2D eigenvalue weighted by Crippen LogP contribution is -1.93. The van der Waals surface area contributed by atoms with Gasteiger partial charge in [0.05, 0.1) is 0 Å². The predicted molar refractivity (Wildman–Crippen MR) is 174 cm³/mol. The third-order valence-electron chi connectivity index (χ3n) is 6.18. The molecule has 2 N–H and O–H groups in total. The minimum absolute atomic E-state index is 0.316. The second kappa shape index (κ2) is 36.4. The zero-order valence-corrected chi connectivity index (χ0v) is 25.8. The normalized spacial score (nSPS) is 12.1. The van der Waals surface area contributed by atoms with Gasteiger partial charge in [0.1, 0.15) is 0 Å². The van der Waals surface area contributed by atoms with Gasteiger partial charge in [0.2, 0.25) is 0 Å². The van der Waals surface area contributed by atoms with Crippen LogP contribution in [0.15, 0.2) is 72.9 Å². The van der Waals surface area contributed by atoms with Crippen molar-refractivity contribution in [1.82, 2.24) is 0 Å². The Labute approximate surface area is 246 Å². The van der Waals surface area contributed by atoms with Crippen LogP contribution in [0.5, 0.6) is 0 Å². The Morgan fingerprint density at radius 1 is 0.400 bits per heavy atom. The van der Waals surface area contributed by atoms with E-state index in [0.717, 1.165) is 51.4 Å². The molecule has 0 saturated carbocycles. The third-order valence-corrected chi connectivity index (χ3v) is 6.18. The van der Waals surface area contributed by atoms with Gasteiger partial charge in [-0.3, -0.25) is 9.59 Å². The van der Waals surface area contributed by atoms with E-state index in [1.165, 1.54) is 64.2 Å². The van der Waals surface area contributed by atoms with Gasteiger partial charge < -0.3 is 10.2 Å². The lowest BCUT2D eigenvalue weighted by atomic mass is 10.1. The molecular weight excluding hydrogens is 496 g/mol. The van der Waals surface area contributed by atoms with Gasteiger partial charge in [-0.1, -0.05) is 151 Å². The molecule has 0 aliphatic rings. The quantitative estimate of drug-likeness (QED) is 0.0820. The Hall–Kier alpha value is -2.62. The molecule has 0 aliphatic carbocycles. The Bertz CT molecular complexity index is 663. The molecule has 0 unspecified atom stereocenters. The van der Waals surface area contributed by atoms with Crippen molar-refractivity contribution in [3.05, 3.63) is 72.9 Å². The molecule has 0 aromatic rings. The molecule has 0 saturated heterocycles. The standard InChI is InChI=1S/2C18H30O2/c2*1-2-3-4-5-6-7-8-9-10-11-12-13-14-15-16-17-18(19)20/h2*5-10H,2-4,11-17H2,1H3,(H,19,20)/b6-5+,8-7+,10-9-;. The van der Waals surface area contributed by atoms with Crippen molar-refractivity contribution in [2.75, 3.05) is 0 Å². The number of hydrogen-bond donors (Lipinski definition) is 2. The van der Waals surface area contributed by atoms with Crippen molar-refractivity contribution in [2.45, 2.75) is 142 Å². The van der Waals surface area contributed by atoms with Gasteiger partial charge in [0.25, 0.3) is 0 Å². The number of allylic oxidation sites excluding steroid dienone is 12. The SMILES string of the molecule is CCCC/C=C/C=C/C=C\CCCCCCCC(=O)O.CCCCC=CC=CC=CCCCCCCCC(=O)O. The number of carboxylic acids is 2. The molecular formula is C36H60O4. The van der Waals surface area contributed by atoms with E-state index in [9.17, 15) is 9.59 Å². The predicted octanol–water partition coefficient (Wildman–Crippen LogP) is 11.3. The van der Waals surface area contributed by atoms with Gasteiger partial charge in [-0.25, -0.2) is 0 Å². The molecule has 0 aliphatic heterocycles. The molecule has 0 heterocycles. The molecule has 0 bridgehead atoms. The number of carbonyl (C=O) groups is 2. The molecule has 0 atom stereocenters. The highest BCUT2D eigenvalue weighted by Crippen LogP contribution is 2.08. The highest BCUT2D eigenvalue weighted by Gasteiger charge is 1.96. The van der Waals surface area contributed by atoms with Crippen molar-refractivity contribution in [2.24, 2.45) is 0 Å². The van der Waals surface area contributed by atoms with Crippen LogP contribution in [0.3, 0.4) is 0 Å². The zero-order chi connectivity index (χ0) is 29.8. The van der Waals surface area contributed by atoms with Gasteiger partial charge in [-0.15, -0.1) is 0 Å². The van der Waals surface area contributed by atoms with Crippen LogP contribution < -0.4 is 0 Å². The van der Waals surface area contributed by atoms with Gasteiger partial charge in [-0.2, -0.15) is 0 Å². The molecule has 0 radical (unpaired) electrons. The van der Waals surface area contributed by atoms with E-state index in [1.807, 2.05) is 0 Å². The third kappa shape index (κ3) is 42.5. The number of rotatable bonds is 26. The molecule has 40 heavy (non-hydrogen) atoms. The van der Waals surface area contributed by atoms with Crippen molar-refractivity contribution >= 4 is 11.9 Å². The van der Waals surface area contributed by atoms with Crippen LogP contribution in [0.4, 0.5) is 0 Å². The van der Waals surface area contributed by atoms with E-state index in [4.69, 9.17) is 10.2 Å². The largest absolute Gasteiger partial charge is 0.481 e. The second-order valence-electron chi connectivity index (χ2n) is 10.2. The number of aliphatic carboxylic acids is 2. The van der Waals surface area contributed by atoms with E-state index in [1.54, 1.807) is 0 Å². The summed E-state index contributed by atoms with van der Waals surface area (Å²) in [5.74, 6) is -1.35. The smallest absolute Gasteiger partial charge is 0.303 e. The Morgan fingerprint density at radius 3 is 0.975 bits per heavy atom. The van der Waals surface area contributed by atoms with Gasteiger partial charge in [0, 0.05) is 12.8 Å². The molecule has 0 amide bonds. The summed E-state index contributed by atoms with van der Waals surface area (Å²) in [5.41, 5.74) is 0. The summed E-state index contributed by atoms with van der Waals surface area (Å²) in [7, 11) is 0. The van der Waals surface area contributed by atoms with Crippen molar-refractivity contribution in [3.8, 4) is 0 Å². The first-order chi connectivity index (χ1) is 19.5. The fourth-order valence-electron chi connectivity index (χ4n) is 3.74. The number of hydrogen-bond acceptors (Lipinski definition) is 2. The summed E-state index contributed by atoms with van der Waals surface area (Å²) in [5, 5.41) is 17.0. The van der Waals surface area contributed by atoms with E-state index < -0.39 is 11.9 Å². The Morgan fingerprint density at radius 2 is 0.675 bits per heavy atom. The monoisotopic (exact) mass is 556 g/mol. The first-order valence-corrected chi connectivity index (χ1v) is 15.9. The molecule has 0 fully saturated rings. The average Bonchev–Trinajstić information content (AvgIpc) is 2.93. The minimum atomic E-state index is -0.677. The Kier molecular flexibility index (Phi) is 35.9. The Balaban J connectivity index is 0. The second-order valence-corrected chi connectivity index (χ2v) is 10.2. The highest BCUT2D eigenvalue weighted by atomic mass is 16.4. The van der Waals surface area contributed by atoms with E-state index >= 15 is 0 Å². The topological polar surface area (TPSA) is 74.6 Å². The molecule has 0 spiro atoms. The van der Waals surface area contributed by atoms with Gasteiger partial charge >= 0.3 is 11.9 Å². The summed E-state index contributed by atoms with van der Waals surface area (Å²) >= 11 is 0. The maximum absolute atomic E-state index is 10.3. The minimum Gasteiger partial charge on any atom is -0.481 e. The molecule has 4 heteroatoms. The molecule has 0 aromatic carbocycles. The maximum Gasteiger partial charge on any atom is 0.303 e. The van der Waals surface area contributed by atoms with Gasteiger partial charge in [0.15, 0.2) is 0 Å². The maximum atomic E-state index is 10.3. The van der Waals surface area contributed by atoms with Crippen LogP contribution in [0.1, 0.15) is 142 Å². The van der Waals surface area contributed by atoms with Crippen molar-refractivity contribution < 1.29 is 19.8 Å². The van der Waals surface area contributed by atoms with Gasteiger partial charge in [-0.05, 0) is 51.4 Å². The summed E-state index contributed by atoms with van der Waals surface area (Å²) in [6, 6.07) is 0. The molecule has 0 aromatic heterocycles. The fraction of sp³-hybridized carbons (Fsp3) is 0.611. The van der Waals surface area contributed by atoms with Crippen molar-refractivity contribution in [1.29, 1.82) is 0 Å². The van der Waals surface area contributed by atoms with Crippen molar-refractivity contribution in [3.63, 3.8) is 0 Å². The summed E-state index contributed by atoms with van der Waals surface area (Å²) in [4.78, 5) is 20.6. The molecule has 0 rings (SSSR count). The lowest BCUT2D eigenvalue weighted by Gasteiger charge is -1.97. The summed E-state index contributed by atoms with van der Waals surface area (Å²) in [6.07, 6.45) is 46.7. The van der Waals surface area contributed by atoms with E-state index in [2.05, 4.69) is 86.8 Å². The molecule has 228 valence electrons. The van der Waals surface area contributed by atoms with Crippen LogP contribution in [0.2, 0.25) is 0 Å². The molecule has 4 nitrogen and oxygen atoms in total. The number of carboxylic acid groups (broad SMARTS) is 2. The van der Waals surface area contributed by atoms with Crippen LogP contribution in [-0.2, 0) is 9.59 Å². The lowest BCUT2D eigenvalue weighted by molar-refractivity contribution is -0.138. The van der Waals surface area contributed by atoms with E-state index in [0.29, 0.717) is 12.8 Å². The summed E-state index contributed by atoms with van der Waals surface area (Å²) < 4.78 is 0. The first-order valence-electron chi connectivity index (χ1n) is 15.9.